The van der Waals surface area contributed by atoms with E-state index >= 15 is 0 Å². The van der Waals surface area contributed by atoms with Gasteiger partial charge in [-0.2, -0.15) is 0 Å². The second-order valence-electron chi connectivity index (χ2n) is 0.822. The van der Waals surface area contributed by atoms with E-state index < -0.39 is 6.16 Å². The third-order valence-electron chi connectivity index (χ3n) is 0.311. The molecule has 0 aromatic carbocycles. The summed E-state index contributed by atoms with van der Waals surface area (Å²) < 4.78 is 3.75. The Kier molecular flexibility index (Phi) is 20.3. The van der Waals surface area contributed by atoms with Crippen molar-refractivity contribution < 1.29 is 25.2 Å². The molecule has 0 heterocycles. The fourth-order valence-electron chi connectivity index (χ4n) is 0.129. The Morgan fingerprint density at radius 3 is 2.22 bits per heavy atom. The van der Waals surface area contributed by atoms with Crippen molar-refractivity contribution in [2.24, 2.45) is 0 Å². The molecule has 5 nitrogen and oxygen atoms in total. The average Bonchev–Trinajstić information content (AvgIpc) is 1.61. The van der Waals surface area contributed by atoms with E-state index in [1.54, 1.807) is 0 Å². The summed E-state index contributed by atoms with van der Waals surface area (Å²) in [6, 6.07) is 0. The van der Waals surface area contributed by atoms with Gasteiger partial charge in [0.25, 0.3) is 6.16 Å². The number of ether oxygens (including phenoxy) is 1. The summed E-state index contributed by atoms with van der Waals surface area (Å²) in [4.78, 5) is 9.31. The van der Waals surface area contributed by atoms with Gasteiger partial charge in [0.15, 0.2) is 0 Å². The van der Waals surface area contributed by atoms with Crippen LogP contribution in [0, 0.1) is 0 Å². The Morgan fingerprint density at radius 1 is 1.67 bits per heavy atom. The summed E-state index contributed by atoms with van der Waals surface area (Å²) in [5.74, 6) is 0. The monoisotopic (exact) mass is 162 g/mol. The number of hydrogen-bond acceptors (Lipinski definition) is 5. The molecule has 2 N–H and O–H groups in total. The van der Waals surface area contributed by atoms with E-state index in [0.717, 1.165) is 0 Å². The molecular formula is C3H6CaO5. The smallest absolute Gasteiger partial charge is 0.870 e. The van der Waals surface area contributed by atoms with Crippen LogP contribution in [0.1, 0.15) is 0 Å². The van der Waals surface area contributed by atoms with Gasteiger partial charge in [-0.3, -0.25) is 0 Å². The van der Waals surface area contributed by atoms with E-state index in [1.807, 2.05) is 0 Å². The molecule has 0 saturated heterocycles. The number of rotatable bonds is 2. The molecule has 0 bridgehead atoms. The summed E-state index contributed by atoms with van der Waals surface area (Å²) in [6.07, 6.45) is -1.60. The van der Waals surface area contributed by atoms with E-state index in [4.69, 9.17) is 5.11 Å². The molecule has 6 heteroatoms. The number of aliphatic hydroxyl groups excluding tert-OH is 1. The largest absolute Gasteiger partial charge is 2.00 e. The molecule has 0 radical (unpaired) electrons. The molecule has 50 valence electrons. The Balaban J connectivity index is -0.000000180. The first-order valence-corrected chi connectivity index (χ1v) is 1.72. The standard InChI is InChI=1S/C3H6O4.Ca.H2O/c4-1-2-7-3(5)6;;/h4H,1-2H2,(H,5,6);;1H2/q;+2;/p-2. The van der Waals surface area contributed by atoms with Crippen molar-refractivity contribution in [1.29, 1.82) is 0 Å². The zero-order chi connectivity index (χ0) is 5.70. The van der Waals surface area contributed by atoms with Gasteiger partial charge in [-0.1, -0.05) is 0 Å². The summed E-state index contributed by atoms with van der Waals surface area (Å²) >= 11 is 0. The predicted molar refractivity (Wildman–Crippen MR) is 26.1 cm³/mol. The van der Waals surface area contributed by atoms with Crippen molar-refractivity contribution in [2.45, 2.75) is 0 Å². The van der Waals surface area contributed by atoms with Crippen molar-refractivity contribution in [2.75, 3.05) is 13.2 Å². The first kappa shape index (κ1) is 16.2. The van der Waals surface area contributed by atoms with Gasteiger partial charge in [0, 0.05) is 0 Å². The molecule has 0 saturated carbocycles. The molecule has 0 aromatic heterocycles. The maximum Gasteiger partial charge on any atom is 2.00 e. The maximum atomic E-state index is 9.31. The average molecular weight is 162 g/mol. The minimum absolute atomic E-state index is 0. The van der Waals surface area contributed by atoms with Crippen LogP contribution in [0.15, 0.2) is 0 Å². The van der Waals surface area contributed by atoms with Crippen LogP contribution in [0.5, 0.6) is 0 Å². The zero-order valence-corrected chi connectivity index (χ0v) is 6.95. The van der Waals surface area contributed by atoms with E-state index in [1.165, 1.54) is 0 Å². The zero-order valence-electron chi connectivity index (χ0n) is 4.74. The van der Waals surface area contributed by atoms with Crippen molar-refractivity contribution in [1.82, 2.24) is 0 Å². The minimum Gasteiger partial charge on any atom is -0.870 e. The summed E-state index contributed by atoms with van der Waals surface area (Å²) in [5.41, 5.74) is 0. The first-order chi connectivity index (χ1) is 3.27. The third kappa shape index (κ3) is 17.8. The van der Waals surface area contributed by atoms with Crippen LogP contribution in [0.2, 0.25) is 0 Å². The van der Waals surface area contributed by atoms with E-state index in [-0.39, 0.29) is 56.4 Å². The number of carbonyl (C=O) groups is 1. The fraction of sp³-hybridized carbons (Fsp3) is 0.667. The summed E-state index contributed by atoms with van der Waals surface area (Å²) in [5, 5.41) is 17.2. The maximum absolute atomic E-state index is 9.31. The Hall–Kier alpha value is 0.450. The van der Waals surface area contributed by atoms with Gasteiger partial charge in [-0.15, -0.1) is 0 Å². The normalized spacial score (nSPS) is 6.33. The van der Waals surface area contributed by atoms with Crippen molar-refractivity contribution in [3.63, 3.8) is 0 Å². The molecule has 0 unspecified atom stereocenters. The van der Waals surface area contributed by atoms with E-state index in [9.17, 15) is 9.90 Å². The van der Waals surface area contributed by atoms with Crippen LogP contribution in [-0.4, -0.2) is 67.7 Å². The van der Waals surface area contributed by atoms with Gasteiger partial charge in [0.05, 0.1) is 13.2 Å². The third-order valence-corrected chi connectivity index (χ3v) is 0.311. The summed E-state index contributed by atoms with van der Waals surface area (Å²) in [7, 11) is 0. The first-order valence-electron chi connectivity index (χ1n) is 1.72. The number of carbonyl (C=O) groups excluding carboxylic acids is 1. The van der Waals surface area contributed by atoms with Gasteiger partial charge in [0.2, 0.25) is 0 Å². The minimum atomic E-state index is -1.60. The topological polar surface area (TPSA) is 99.6 Å². The van der Waals surface area contributed by atoms with Crippen LogP contribution in [0.25, 0.3) is 0 Å². The van der Waals surface area contributed by atoms with Crippen LogP contribution < -0.4 is 5.11 Å². The predicted octanol–water partition coefficient (Wildman–Crippen LogP) is -2.22. The fourth-order valence-corrected chi connectivity index (χ4v) is 0.129. The van der Waals surface area contributed by atoms with Crippen LogP contribution in [0.4, 0.5) is 4.79 Å². The Morgan fingerprint density at radius 2 is 2.11 bits per heavy atom. The van der Waals surface area contributed by atoms with Crippen molar-refractivity contribution in [3.8, 4) is 0 Å². The van der Waals surface area contributed by atoms with Gasteiger partial charge in [0.1, 0.15) is 0 Å². The molecule has 0 rings (SSSR count). The van der Waals surface area contributed by atoms with Crippen molar-refractivity contribution >= 4 is 43.9 Å². The second kappa shape index (κ2) is 11.3. The van der Waals surface area contributed by atoms with Gasteiger partial charge >= 0.3 is 37.7 Å². The molecular weight excluding hydrogens is 156 g/mol. The number of hydrogen-bond donors (Lipinski definition) is 1. The quantitative estimate of drug-likeness (QED) is 0.366. The van der Waals surface area contributed by atoms with Crippen LogP contribution >= 0.6 is 0 Å². The number of carboxylic acid groups (broad SMARTS) is 1. The summed E-state index contributed by atoms with van der Waals surface area (Å²) in [6.45, 7) is -0.504. The van der Waals surface area contributed by atoms with Crippen LogP contribution in [-0.2, 0) is 4.74 Å². The molecule has 0 amide bonds. The second-order valence-corrected chi connectivity index (χ2v) is 0.822. The van der Waals surface area contributed by atoms with Gasteiger partial charge in [-0.05, 0) is 0 Å². The number of aliphatic hydroxyl groups is 1. The molecule has 0 fully saturated rings. The van der Waals surface area contributed by atoms with Gasteiger partial charge in [-0.25, -0.2) is 0 Å². The SMILES string of the molecule is O=C([O-])OCCO.[Ca+2].[OH-]. The Labute approximate surface area is 81.9 Å². The molecule has 0 atom stereocenters. The molecule has 9 heavy (non-hydrogen) atoms. The van der Waals surface area contributed by atoms with Crippen LogP contribution in [0.3, 0.4) is 0 Å². The molecule has 0 aromatic rings. The molecule has 0 aliphatic rings. The van der Waals surface area contributed by atoms with Crippen molar-refractivity contribution in [3.05, 3.63) is 0 Å². The van der Waals surface area contributed by atoms with Gasteiger partial charge < -0.3 is 25.2 Å². The van der Waals surface area contributed by atoms with E-state index in [0.29, 0.717) is 0 Å². The van der Waals surface area contributed by atoms with E-state index in [2.05, 4.69) is 4.74 Å². The Bertz CT molecular complexity index is 65.2. The molecule has 0 aliphatic carbocycles. The molecule has 0 spiro atoms. The molecule has 0 aliphatic heterocycles.